The van der Waals surface area contributed by atoms with Gasteiger partial charge in [-0.05, 0) is 31.2 Å². The standard InChI is InChI=1S/C15H15FN2O2/c1-10(14-12(16)4-3-5-13(14)20-2)18-15(19)11-6-8-17-9-7-11/h3-10H,1-2H3,(H,18,19)/t10-/m1/s1. The third-order valence-corrected chi connectivity index (χ3v) is 2.96. The first kappa shape index (κ1) is 14.0. The van der Waals surface area contributed by atoms with Gasteiger partial charge in [-0.25, -0.2) is 4.39 Å². The number of halogens is 1. The Kier molecular flexibility index (Phi) is 4.30. The first-order valence-electron chi connectivity index (χ1n) is 6.16. The van der Waals surface area contributed by atoms with Crippen molar-refractivity contribution < 1.29 is 13.9 Å². The molecule has 0 bridgehead atoms. The van der Waals surface area contributed by atoms with Gasteiger partial charge >= 0.3 is 0 Å². The van der Waals surface area contributed by atoms with E-state index < -0.39 is 11.9 Å². The molecule has 0 saturated carbocycles. The summed E-state index contributed by atoms with van der Waals surface area (Å²) in [5.41, 5.74) is 0.805. The minimum atomic E-state index is -0.508. The maximum atomic E-state index is 13.9. The summed E-state index contributed by atoms with van der Waals surface area (Å²) in [5, 5.41) is 2.74. The summed E-state index contributed by atoms with van der Waals surface area (Å²) in [6.45, 7) is 1.71. The van der Waals surface area contributed by atoms with E-state index in [2.05, 4.69) is 10.3 Å². The smallest absolute Gasteiger partial charge is 0.251 e. The molecule has 1 aromatic carbocycles. The molecule has 0 saturated heterocycles. The van der Waals surface area contributed by atoms with Crippen molar-refractivity contribution in [2.24, 2.45) is 0 Å². The Labute approximate surface area is 116 Å². The number of hydrogen-bond donors (Lipinski definition) is 1. The molecule has 1 amide bonds. The predicted molar refractivity (Wildman–Crippen MR) is 73.1 cm³/mol. The van der Waals surface area contributed by atoms with Crippen molar-refractivity contribution in [2.45, 2.75) is 13.0 Å². The fraction of sp³-hybridized carbons (Fsp3) is 0.200. The molecule has 1 atom stereocenters. The summed E-state index contributed by atoms with van der Waals surface area (Å²) < 4.78 is 19.0. The number of hydrogen-bond acceptors (Lipinski definition) is 3. The SMILES string of the molecule is COc1cccc(F)c1[C@@H](C)NC(=O)c1ccncc1. The highest BCUT2D eigenvalue weighted by atomic mass is 19.1. The van der Waals surface area contributed by atoms with Crippen LogP contribution in [0.3, 0.4) is 0 Å². The quantitative estimate of drug-likeness (QED) is 0.932. The Morgan fingerprint density at radius 1 is 1.30 bits per heavy atom. The van der Waals surface area contributed by atoms with Crippen molar-refractivity contribution in [1.29, 1.82) is 0 Å². The Morgan fingerprint density at radius 3 is 2.65 bits per heavy atom. The van der Waals surface area contributed by atoms with E-state index >= 15 is 0 Å². The number of carbonyl (C=O) groups excluding carboxylic acids is 1. The molecular weight excluding hydrogens is 259 g/mol. The molecule has 2 rings (SSSR count). The lowest BCUT2D eigenvalue weighted by molar-refractivity contribution is 0.0939. The molecule has 20 heavy (non-hydrogen) atoms. The lowest BCUT2D eigenvalue weighted by Crippen LogP contribution is -2.27. The Hall–Kier alpha value is -2.43. The number of carbonyl (C=O) groups is 1. The van der Waals surface area contributed by atoms with Gasteiger partial charge in [-0.1, -0.05) is 6.07 Å². The molecule has 0 radical (unpaired) electrons. The van der Waals surface area contributed by atoms with Gasteiger partial charge in [0, 0.05) is 18.0 Å². The van der Waals surface area contributed by atoms with Crippen LogP contribution in [0.25, 0.3) is 0 Å². The first-order chi connectivity index (χ1) is 9.63. The van der Waals surface area contributed by atoms with E-state index in [-0.39, 0.29) is 5.91 Å². The molecule has 0 aliphatic rings. The lowest BCUT2D eigenvalue weighted by Gasteiger charge is -2.18. The van der Waals surface area contributed by atoms with Crippen LogP contribution in [0, 0.1) is 5.82 Å². The van der Waals surface area contributed by atoms with Gasteiger partial charge in [0.25, 0.3) is 5.91 Å². The zero-order valence-corrected chi connectivity index (χ0v) is 11.3. The fourth-order valence-electron chi connectivity index (χ4n) is 1.97. The maximum absolute atomic E-state index is 13.9. The van der Waals surface area contributed by atoms with Crippen LogP contribution in [0.15, 0.2) is 42.7 Å². The second-order valence-corrected chi connectivity index (χ2v) is 4.29. The van der Waals surface area contributed by atoms with E-state index in [1.807, 2.05) is 0 Å². The zero-order valence-electron chi connectivity index (χ0n) is 11.3. The molecule has 2 aromatic rings. The summed E-state index contributed by atoms with van der Waals surface area (Å²) in [5.74, 6) is -0.287. The third-order valence-electron chi connectivity index (χ3n) is 2.96. The minimum absolute atomic E-state index is 0.287. The van der Waals surface area contributed by atoms with Crippen molar-refractivity contribution in [1.82, 2.24) is 10.3 Å². The van der Waals surface area contributed by atoms with Crippen LogP contribution >= 0.6 is 0 Å². The van der Waals surface area contributed by atoms with Crippen LogP contribution in [-0.2, 0) is 0 Å². The molecule has 1 N–H and O–H groups in total. The second-order valence-electron chi connectivity index (χ2n) is 4.29. The van der Waals surface area contributed by atoms with Crippen LogP contribution < -0.4 is 10.1 Å². The number of benzene rings is 1. The molecule has 5 heteroatoms. The Morgan fingerprint density at radius 2 is 2.00 bits per heavy atom. The molecule has 0 spiro atoms. The number of nitrogens with one attached hydrogen (secondary N) is 1. The minimum Gasteiger partial charge on any atom is -0.496 e. The number of amides is 1. The molecule has 1 heterocycles. The number of methoxy groups -OCH3 is 1. The highest BCUT2D eigenvalue weighted by Crippen LogP contribution is 2.27. The van der Waals surface area contributed by atoms with Crippen LogP contribution in [0.2, 0.25) is 0 Å². The fourth-order valence-corrected chi connectivity index (χ4v) is 1.97. The largest absolute Gasteiger partial charge is 0.496 e. The van der Waals surface area contributed by atoms with E-state index in [0.29, 0.717) is 16.9 Å². The zero-order chi connectivity index (χ0) is 14.5. The number of nitrogens with zero attached hydrogens (tertiary/aromatic N) is 1. The van der Waals surface area contributed by atoms with Crippen molar-refractivity contribution in [3.05, 3.63) is 59.7 Å². The van der Waals surface area contributed by atoms with Gasteiger partial charge in [0.1, 0.15) is 11.6 Å². The molecule has 0 fully saturated rings. The van der Waals surface area contributed by atoms with Crippen LogP contribution in [-0.4, -0.2) is 18.0 Å². The highest BCUT2D eigenvalue weighted by molar-refractivity contribution is 5.94. The summed E-state index contributed by atoms with van der Waals surface area (Å²) >= 11 is 0. The molecule has 104 valence electrons. The number of ether oxygens (including phenoxy) is 1. The van der Waals surface area contributed by atoms with Crippen LogP contribution in [0.5, 0.6) is 5.75 Å². The summed E-state index contributed by atoms with van der Waals surface area (Å²) in [4.78, 5) is 15.9. The average molecular weight is 274 g/mol. The number of rotatable bonds is 4. The third kappa shape index (κ3) is 2.93. The van der Waals surface area contributed by atoms with Crippen LogP contribution in [0.4, 0.5) is 4.39 Å². The van der Waals surface area contributed by atoms with Crippen molar-refractivity contribution in [3.63, 3.8) is 0 Å². The van der Waals surface area contributed by atoms with E-state index in [1.54, 1.807) is 31.2 Å². The summed E-state index contributed by atoms with van der Waals surface area (Å²) in [7, 11) is 1.47. The van der Waals surface area contributed by atoms with E-state index in [9.17, 15) is 9.18 Å². The van der Waals surface area contributed by atoms with Gasteiger partial charge in [-0.15, -0.1) is 0 Å². The molecule has 0 unspecified atom stereocenters. The number of pyridine rings is 1. The van der Waals surface area contributed by atoms with Gasteiger partial charge in [0.15, 0.2) is 0 Å². The first-order valence-corrected chi connectivity index (χ1v) is 6.16. The van der Waals surface area contributed by atoms with E-state index in [4.69, 9.17) is 4.74 Å². The average Bonchev–Trinajstić information content (AvgIpc) is 2.47. The monoisotopic (exact) mass is 274 g/mol. The highest BCUT2D eigenvalue weighted by Gasteiger charge is 2.18. The van der Waals surface area contributed by atoms with Crippen molar-refractivity contribution >= 4 is 5.91 Å². The normalized spacial score (nSPS) is 11.8. The van der Waals surface area contributed by atoms with E-state index in [0.717, 1.165) is 0 Å². The number of aromatic nitrogens is 1. The Bertz CT molecular complexity index is 602. The summed E-state index contributed by atoms with van der Waals surface area (Å²) in [6, 6.07) is 7.25. The van der Waals surface area contributed by atoms with Crippen molar-refractivity contribution in [3.8, 4) is 5.75 Å². The molecule has 4 nitrogen and oxygen atoms in total. The van der Waals surface area contributed by atoms with Crippen molar-refractivity contribution in [2.75, 3.05) is 7.11 Å². The molecule has 0 aliphatic heterocycles. The Balaban J connectivity index is 2.21. The summed E-state index contributed by atoms with van der Waals surface area (Å²) in [6.07, 6.45) is 3.06. The molecule has 1 aromatic heterocycles. The van der Waals surface area contributed by atoms with Gasteiger partial charge in [-0.2, -0.15) is 0 Å². The topological polar surface area (TPSA) is 51.2 Å². The molecular formula is C15H15FN2O2. The van der Waals surface area contributed by atoms with Gasteiger partial charge in [-0.3, -0.25) is 9.78 Å². The van der Waals surface area contributed by atoms with Crippen LogP contribution in [0.1, 0.15) is 28.9 Å². The van der Waals surface area contributed by atoms with Gasteiger partial charge in [0.05, 0.1) is 18.7 Å². The predicted octanol–water partition coefficient (Wildman–Crippen LogP) is 2.72. The van der Waals surface area contributed by atoms with E-state index in [1.165, 1.54) is 25.6 Å². The second kappa shape index (κ2) is 6.14. The maximum Gasteiger partial charge on any atom is 0.251 e. The lowest BCUT2D eigenvalue weighted by atomic mass is 10.1. The molecule has 0 aliphatic carbocycles. The van der Waals surface area contributed by atoms with Gasteiger partial charge < -0.3 is 10.1 Å². The van der Waals surface area contributed by atoms with Gasteiger partial charge in [0.2, 0.25) is 0 Å².